The van der Waals surface area contributed by atoms with Crippen LogP contribution >= 0.6 is 0 Å². The van der Waals surface area contributed by atoms with E-state index in [4.69, 9.17) is 4.74 Å². The maximum Gasteiger partial charge on any atom is 0.142 e. The number of nitrogens with one attached hydrogen (secondary N) is 1. The molecular weight excluding hydrogens is 424 g/mol. The van der Waals surface area contributed by atoms with Crippen LogP contribution in [-0.4, -0.2) is 84.2 Å². The summed E-state index contributed by atoms with van der Waals surface area (Å²) in [6.07, 6.45) is 5.58. The van der Waals surface area contributed by atoms with E-state index in [1.807, 2.05) is 18.5 Å². The van der Waals surface area contributed by atoms with Crippen molar-refractivity contribution in [2.75, 3.05) is 64.4 Å². The number of pyridine rings is 2. The summed E-state index contributed by atoms with van der Waals surface area (Å²) in [4.78, 5) is 20.1. The van der Waals surface area contributed by atoms with E-state index < -0.39 is 0 Å². The molecule has 0 atom stereocenters. The van der Waals surface area contributed by atoms with Crippen LogP contribution in [0.5, 0.6) is 5.75 Å². The molecule has 0 spiro atoms. The van der Waals surface area contributed by atoms with Crippen LogP contribution < -0.4 is 9.64 Å². The Morgan fingerprint density at radius 2 is 1.85 bits per heavy atom. The summed E-state index contributed by atoms with van der Waals surface area (Å²) in [5, 5.41) is 2.38. The SMILES string of the molecule is CCN(CC)CCN1CCN(c2c(OC)ccc3[nH]c4cnc(-c5cccnc5)cc4c23)CC1. The van der Waals surface area contributed by atoms with Crippen molar-refractivity contribution in [1.82, 2.24) is 24.8 Å². The van der Waals surface area contributed by atoms with Crippen LogP contribution in [0.1, 0.15) is 13.8 Å². The molecule has 3 aromatic heterocycles. The lowest BCUT2D eigenvalue weighted by Gasteiger charge is -2.37. The van der Waals surface area contributed by atoms with Crippen LogP contribution in [0.15, 0.2) is 48.9 Å². The number of methoxy groups -OCH3 is 1. The van der Waals surface area contributed by atoms with Gasteiger partial charge in [0.25, 0.3) is 0 Å². The number of hydrogen-bond donors (Lipinski definition) is 1. The number of aromatic nitrogens is 3. The molecule has 4 aromatic rings. The molecule has 7 heteroatoms. The highest BCUT2D eigenvalue weighted by molar-refractivity contribution is 6.15. The Hall–Kier alpha value is -3.16. The molecule has 1 saturated heterocycles. The fraction of sp³-hybridized carbons (Fsp3) is 0.407. The summed E-state index contributed by atoms with van der Waals surface area (Å²) < 4.78 is 5.87. The number of fused-ring (bicyclic) bond motifs is 3. The topological polar surface area (TPSA) is 60.5 Å². The zero-order valence-electron chi connectivity index (χ0n) is 20.4. The number of anilines is 1. The van der Waals surface area contributed by atoms with Gasteiger partial charge in [0.15, 0.2) is 0 Å². The third kappa shape index (κ3) is 4.33. The van der Waals surface area contributed by atoms with Crippen molar-refractivity contribution in [3.63, 3.8) is 0 Å². The predicted octanol–water partition coefficient (Wildman–Crippen LogP) is 4.25. The number of benzene rings is 1. The Labute approximate surface area is 201 Å². The summed E-state index contributed by atoms with van der Waals surface area (Å²) in [6.45, 7) is 13.1. The average Bonchev–Trinajstić information content (AvgIpc) is 3.27. The van der Waals surface area contributed by atoms with E-state index in [1.54, 1.807) is 13.3 Å². The fourth-order valence-electron chi connectivity index (χ4n) is 5.02. The molecule has 1 N–H and O–H groups in total. The van der Waals surface area contributed by atoms with Gasteiger partial charge < -0.3 is 19.5 Å². The third-order valence-electron chi connectivity index (χ3n) is 7.08. The molecule has 5 rings (SSSR count). The monoisotopic (exact) mass is 458 g/mol. The van der Waals surface area contributed by atoms with E-state index in [-0.39, 0.29) is 0 Å². The molecule has 4 heterocycles. The van der Waals surface area contributed by atoms with Gasteiger partial charge in [-0.05, 0) is 43.4 Å². The van der Waals surface area contributed by atoms with E-state index in [9.17, 15) is 0 Å². The lowest BCUT2D eigenvalue weighted by Crippen LogP contribution is -2.48. The second-order valence-electron chi connectivity index (χ2n) is 8.88. The van der Waals surface area contributed by atoms with Crippen molar-refractivity contribution in [3.8, 4) is 17.0 Å². The van der Waals surface area contributed by atoms with Gasteiger partial charge in [0.1, 0.15) is 5.75 Å². The minimum absolute atomic E-state index is 0.921. The zero-order valence-corrected chi connectivity index (χ0v) is 20.4. The lowest BCUT2D eigenvalue weighted by molar-refractivity contribution is 0.206. The first-order chi connectivity index (χ1) is 16.7. The van der Waals surface area contributed by atoms with Crippen LogP contribution in [-0.2, 0) is 0 Å². The largest absolute Gasteiger partial charge is 0.495 e. The van der Waals surface area contributed by atoms with Crippen LogP contribution in [0.4, 0.5) is 5.69 Å². The minimum atomic E-state index is 0.921. The van der Waals surface area contributed by atoms with Crippen LogP contribution in [0, 0.1) is 0 Å². The van der Waals surface area contributed by atoms with Crippen molar-refractivity contribution >= 4 is 27.5 Å². The fourth-order valence-corrected chi connectivity index (χ4v) is 5.02. The average molecular weight is 459 g/mol. The number of rotatable bonds is 8. The molecule has 0 unspecified atom stereocenters. The number of hydrogen-bond acceptors (Lipinski definition) is 6. The smallest absolute Gasteiger partial charge is 0.142 e. The highest BCUT2D eigenvalue weighted by Crippen LogP contribution is 2.41. The molecule has 34 heavy (non-hydrogen) atoms. The van der Waals surface area contributed by atoms with Gasteiger partial charge in [-0.25, -0.2) is 0 Å². The Morgan fingerprint density at radius 3 is 2.56 bits per heavy atom. The van der Waals surface area contributed by atoms with E-state index in [0.29, 0.717) is 0 Å². The Bertz CT molecular complexity index is 1240. The molecule has 0 amide bonds. The lowest BCUT2D eigenvalue weighted by atomic mass is 10.1. The molecule has 7 nitrogen and oxygen atoms in total. The van der Waals surface area contributed by atoms with Gasteiger partial charge in [-0.3, -0.25) is 14.9 Å². The van der Waals surface area contributed by atoms with Gasteiger partial charge in [-0.2, -0.15) is 0 Å². The Morgan fingerprint density at radius 1 is 1.03 bits per heavy atom. The Balaban J connectivity index is 1.48. The predicted molar refractivity (Wildman–Crippen MR) is 140 cm³/mol. The first-order valence-corrected chi connectivity index (χ1v) is 12.3. The first kappa shape index (κ1) is 22.6. The van der Waals surface area contributed by atoms with Crippen molar-refractivity contribution in [2.24, 2.45) is 0 Å². The summed E-state index contributed by atoms with van der Waals surface area (Å²) in [5.41, 5.74) is 5.27. The molecule has 0 saturated carbocycles. The highest BCUT2D eigenvalue weighted by Gasteiger charge is 2.24. The van der Waals surface area contributed by atoms with Gasteiger partial charge in [-0.1, -0.05) is 13.8 Å². The minimum Gasteiger partial charge on any atom is -0.495 e. The molecule has 0 radical (unpaired) electrons. The number of ether oxygens (including phenoxy) is 1. The number of likely N-dealkylation sites (N-methyl/N-ethyl adjacent to an activating group) is 1. The normalized spacial score (nSPS) is 15.0. The first-order valence-electron chi connectivity index (χ1n) is 12.3. The summed E-state index contributed by atoms with van der Waals surface area (Å²) >= 11 is 0. The van der Waals surface area contributed by atoms with E-state index in [2.05, 4.69) is 67.8 Å². The third-order valence-corrected chi connectivity index (χ3v) is 7.08. The van der Waals surface area contributed by atoms with E-state index >= 15 is 0 Å². The maximum atomic E-state index is 5.87. The molecule has 178 valence electrons. The summed E-state index contributed by atoms with van der Waals surface area (Å²) in [6, 6.07) is 10.4. The van der Waals surface area contributed by atoms with Gasteiger partial charge in [-0.15, -0.1) is 0 Å². The zero-order chi connectivity index (χ0) is 23.5. The van der Waals surface area contributed by atoms with E-state index in [0.717, 1.165) is 80.4 Å². The van der Waals surface area contributed by atoms with E-state index in [1.165, 1.54) is 16.5 Å². The summed E-state index contributed by atoms with van der Waals surface area (Å²) in [5.74, 6) is 0.921. The molecule has 0 aliphatic carbocycles. The second-order valence-corrected chi connectivity index (χ2v) is 8.88. The van der Waals surface area contributed by atoms with Crippen LogP contribution in [0.2, 0.25) is 0 Å². The number of aromatic amines is 1. The molecular formula is C27H34N6O. The molecule has 1 aromatic carbocycles. The molecule has 1 fully saturated rings. The standard InChI is InChI=1S/C27H34N6O/c1-4-31(5-2)11-12-32-13-15-33(16-14-32)27-25(34-3)9-8-22-26(27)21-17-23(29-19-24(21)30-22)20-7-6-10-28-18-20/h6-10,17-19,30H,4-5,11-16H2,1-3H3. The van der Waals surface area contributed by atoms with Gasteiger partial charge >= 0.3 is 0 Å². The Kier molecular flexibility index (Phi) is 6.65. The highest BCUT2D eigenvalue weighted by atomic mass is 16.5. The molecule has 0 bridgehead atoms. The maximum absolute atomic E-state index is 5.87. The van der Waals surface area contributed by atoms with Crippen molar-refractivity contribution < 1.29 is 4.74 Å². The number of piperazine rings is 1. The second kappa shape index (κ2) is 9.99. The quantitative estimate of drug-likeness (QED) is 0.426. The van der Waals surface area contributed by atoms with Crippen molar-refractivity contribution in [2.45, 2.75) is 13.8 Å². The number of H-pyrrole nitrogens is 1. The van der Waals surface area contributed by atoms with Gasteiger partial charge in [0.05, 0.1) is 30.2 Å². The summed E-state index contributed by atoms with van der Waals surface area (Å²) in [7, 11) is 1.77. The van der Waals surface area contributed by atoms with Gasteiger partial charge in [0.2, 0.25) is 0 Å². The van der Waals surface area contributed by atoms with Gasteiger partial charge in [0, 0.05) is 73.5 Å². The molecule has 1 aliphatic rings. The van der Waals surface area contributed by atoms with Crippen molar-refractivity contribution in [3.05, 3.63) is 48.9 Å². The van der Waals surface area contributed by atoms with Crippen LogP contribution in [0.25, 0.3) is 33.1 Å². The molecule has 1 aliphatic heterocycles. The van der Waals surface area contributed by atoms with Crippen molar-refractivity contribution in [1.29, 1.82) is 0 Å². The number of nitrogens with zero attached hydrogens (tertiary/aromatic N) is 5. The van der Waals surface area contributed by atoms with Crippen LogP contribution in [0.3, 0.4) is 0 Å².